The first kappa shape index (κ1) is 16.2. The van der Waals surface area contributed by atoms with Gasteiger partial charge in [0.15, 0.2) is 6.29 Å². The summed E-state index contributed by atoms with van der Waals surface area (Å²) in [5.41, 5.74) is 1.12. The molecule has 1 N–H and O–H groups in total. The molecule has 1 aromatic carbocycles. The van der Waals surface area contributed by atoms with Gasteiger partial charge in [-0.25, -0.2) is 0 Å². The van der Waals surface area contributed by atoms with Crippen LogP contribution in [-0.2, 0) is 0 Å². The summed E-state index contributed by atoms with van der Waals surface area (Å²) in [6.45, 7) is 6.71. The van der Waals surface area contributed by atoms with Crippen molar-refractivity contribution in [2.45, 2.75) is 20.8 Å². The number of pyridine rings is 1. The second kappa shape index (κ2) is 5.88. The molecule has 0 saturated heterocycles. The maximum atomic E-state index is 11.3. The third kappa shape index (κ3) is 3.33. The van der Waals surface area contributed by atoms with E-state index in [4.69, 9.17) is 11.6 Å². The van der Waals surface area contributed by atoms with Gasteiger partial charge in [0.25, 0.3) is 5.69 Å². The van der Waals surface area contributed by atoms with Gasteiger partial charge >= 0.3 is 0 Å². The number of benzene rings is 1. The van der Waals surface area contributed by atoms with Gasteiger partial charge in [-0.2, -0.15) is 0 Å². The lowest BCUT2D eigenvalue weighted by Crippen LogP contribution is -2.20. The van der Waals surface area contributed by atoms with Crippen molar-refractivity contribution < 1.29 is 9.72 Å². The Morgan fingerprint density at radius 1 is 1.41 bits per heavy atom. The largest absolute Gasteiger partial charge is 0.383 e. The minimum absolute atomic E-state index is 0.0275. The summed E-state index contributed by atoms with van der Waals surface area (Å²) in [5, 5.41) is 14.9. The quantitative estimate of drug-likeness (QED) is 0.521. The number of rotatable bonds is 4. The number of aromatic nitrogens is 1. The smallest absolute Gasteiger partial charge is 0.271 e. The molecule has 22 heavy (non-hydrogen) atoms. The van der Waals surface area contributed by atoms with Crippen LogP contribution in [0.1, 0.15) is 31.1 Å². The molecule has 0 unspecified atom stereocenters. The van der Waals surface area contributed by atoms with E-state index in [0.717, 1.165) is 0 Å². The number of carbonyl (C=O) groups is 1. The summed E-state index contributed by atoms with van der Waals surface area (Å²) in [5.74, 6) is 0. The number of carbonyl (C=O) groups excluding carboxylic acids is 1. The molecule has 2 aromatic rings. The molecule has 0 spiro atoms. The van der Waals surface area contributed by atoms with E-state index in [9.17, 15) is 14.9 Å². The van der Waals surface area contributed by atoms with Gasteiger partial charge in [-0.15, -0.1) is 0 Å². The SMILES string of the molecule is CC(C)(C)CNc1c(C=O)cnc2c(Cl)cc([N+](=O)[O-])cc12. The van der Waals surface area contributed by atoms with E-state index in [1.807, 2.05) is 20.8 Å². The molecule has 7 heteroatoms. The lowest BCUT2D eigenvalue weighted by molar-refractivity contribution is -0.384. The van der Waals surface area contributed by atoms with Gasteiger partial charge < -0.3 is 5.32 Å². The number of hydrogen-bond donors (Lipinski definition) is 1. The van der Waals surface area contributed by atoms with Gasteiger partial charge in [-0.1, -0.05) is 32.4 Å². The number of non-ortho nitro benzene ring substituents is 1. The van der Waals surface area contributed by atoms with Crippen molar-refractivity contribution in [1.29, 1.82) is 0 Å². The van der Waals surface area contributed by atoms with Gasteiger partial charge in [0.05, 0.1) is 26.7 Å². The molecule has 0 aliphatic heterocycles. The van der Waals surface area contributed by atoms with Crippen LogP contribution in [0.25, 0.3) is 10.9 Å². The van der Waals surface area contributed by atoms with Crippen LogP contribution in [0.5, 0.6) is 0 Å². The van der Waals surface area contributed by atoms with Crippen molar-refractivity contribution >= 4 is 40.2 Å². The van der Waals surface area contributed by atoms with Crippen molar-refractivity contribution in [2.75, 3.05) is 11.9 Å². The van der Waals surface area contributed by atoms with Crippen LogP contribution >= 0.6 is 11.6 Å². The summed E-state index contributed by atoms with van der Waals surface area (Å²) >= 11 is 6.08. The highest BCUT2D eigenvalue weighted by Gasteiger charge is 2.18. The number of nitro groups is 1. The summed E-state index contributed by atoms with van der Waals surface area (Å²) in [4.78, 5) is 25.9. The molecular weight excluding hydrogens is 306 g/mol. The minimum atomic E-state index is -0.521. The van der Waals surface area contributed by atoms with E-state index in [1.165, 1.54) is 18.3 Å². The number of nitrogens with zero attached hydrogens (tertiary/aromatic N) is 2. The van der Waals surface area contributed by atoms with Crippen molar-refractivity contribution in [3.8, 4) is 0 Å². The number of fused-ring (bicyclic) bond motifs is 1. The van der Waals surface area contributed by atoms with E-state index < -0.39 is 4.92 Å². The summed E-state index contributed by atoms with van der Waals surface area (Å²) in [6.07, 6.45) is 2.09. The summed E-state index contributed by atoms with van der Waals surface area (Å²) in [6, 6.07) is 2.64. The van der Waals surface area contributed by atoms with Crippen LogP contribution in [0.3, 0.4) is 0 Å². The van der Waals surface area contributed by atoms with Gasteiger partial charge in [-0.3, -0.25) is 19.9 Å². The van der Waals surface area contributed by atoms with E-state index in [0.29, 0.717) is 35.0 Å². The fourth-order valence-corrected chi connectivity index (χ4v) is 2.27. The maximum Gasteiger partial charge on any atom is 0.271 e. The third-order valence-electron chi connectivity index (χ3n) is 3.07. The van der Waals surface area contributed by atoms with Gasteiger partial charge in [0, 0.05) is 30.3 Å². The molecule has 0 fully saturated rings. The zero-order chi connectivity index (χ0) is 16.5. The van der Waals surface area contributed by atoms with E-state index in [-0.39, 0.29) is 16.1 Å². The Morgan fingerprint density at radius 3 is 2.64 bits per heavy atom. The molecule has 0 aliphatic carbocycles. The predicted molar refractivity (Wildman–Crippen MR) is 86.7 cm³/mol. The predicted octanol–water partition coefficient (Wildman–Crippen LogP) is 4.07. The van der Waals surface area contributed by atoms with Crippen LogP contribution in [0, 0.1) is 15.5 Å². The Morgan fingerprint density at radius 2 is 2.09 bits per heavy atom. The molecule has 6 nitrogen and oxygen atoms in total. The van der Waals surface area contributed by atoms with Crippen molar-refractivity contribution in [1.82, 2.24) is 4.98 Å². The van der Waals surface area contributed by atoms with Crippen LogP contribution < -0.4 is 5.32 Å². The number of anilines is 1. The Labute approximate surface area is 132 Å². The van der Waals surface area contributed by atoms with Crippen molar-refractivity contribution in [3.63, 3.8) is 0 Å². The van der Waals surface area contributed by atoms with Crippen LogP contribution in [0.2, 0.25) is 5.02 Å². The number of aldehydes is 1. The molecule has 0 amide bonds. The van der Waals surface area contributed by atoms with Crippen molar-refractivity contribution in [3.05, 3.63) is 39.0 Å². The van der Waals surface area contributed by atoms with Gasteiger partial charge in [-0.05, 0) is 5.41 Å². The molecule has 0 atom stereocenters. The highest BCUT2D eigenvalue weighted by atomic mass is 35.5. The fourth-order valence-electron chi connectivity index (χ4n) is 2.01. The van der Waals surface area contributed by atoms with Gasteiger partial charge in [0.1, 0.15) is 0 Å². The second-order valence-corrected chi connectivity index (χ2v) is 6.61. The first-order chi connectivity index (χ1) is 10.2. The van der Waals surface area contributed by atoms with E-state index in [2.05, 4.69) is 10.3 Å². The average Bonchev–Trinajstić information content (AvgIpc) is 2.43. The molecule has 1 aromatic heterocycles. The Balaban J connectivity index is 2.68. The molecule has 0 bridgehead atoms. The van der Waals surface area contributed by atoms with Crippen LogP contribution in [0.15, 0.2) is 18.3 Å². The molecule has 0 saturated carbocycles. The second-order valence-electron chi connectivity index (χ2n) is 6.20. The molecular formula is C15H16ClN3O3. The Bertz CT molecular complexity index is 754. The van der Waals surface area contributed by atoms with E-state index in [1.54, 1.807) is 0 Å². The third-order valence-corrected chi connectivity index (χ3v) is 3.36. The van der Waals surface area contributed by atoms with Crippen LogP contribution in [-0.4, -0.2) is 22.7 Å². The zero-order valence-electron chi connectivity index (χ0n) is 12.5. The Kier molecular flexibility index (Phi) is 4.32. The zero-order valence-corrected chi connectivity index (χ0v) is 13.3. The Hall–Kier alpha value is -2.21. The molecule has 0 aliphatic rings. The first-order valence-corrected chi connectivity index (χ1v) is 7.06. The van der Waals surface area contributed by atoms with Crippen molar-refractivity contribution in [2.24, 2.45) is 5.41 Å². The average molecular weight is 322 g/mol. The molecule has 2 rings (SSSR count). The normalized spacial score (nSPS) is 11.5. The number of halogens is 1. The molecule has 0 radical (unpaired) electrons. The van der Waals surface area contributed by atoms with E-state index >= 15 is 0 Å². The minimum Gasteiger partial charge on any atom is -0.383 e. The lowest BCUT2D eigenvalue weighted by atomic mass is 9.96. The topological polar surface area (TPSA) is 85.1 Å². The number of hydrogen-bond acceptors (Lipinski definition) is 5. The maximum absolute atomic E-state index is 11.3. The number of nitrogens with one attached hydrogen (secondary N) is 1. The summed E-state index contributed by atoms with van der Waals surface area (Å²) in [7, 11) is 0. The molecule has 116 valence electrons. The number of nitro benzene ring substituents is 1. The molecule has 1 heterocycles. The van der Waals surface area contributed by atoms with Gasteiger partial charge in [0.2, 0.25) is 0 Å². The standard InChI is InChI=1S/C15H16ClN3O3/c1-15(2,3)8-18-13-9(7-20)6-17-14-11(13)4-10(19(21)22)5-12(14)16/h4-7H,8H2,1-3H3,(H,17,18). The lowest BCUT2D eigenvalue weighted by Gasteiger charge is -2.21. The fraction of sp³-hybridized carbons (Fsp3) is 0.333. The van der Waals surface area contributed by atoms with Crippen LogP contribution in [0.4, 0.5) is 11.4 Å². The first-order valence-electron chi connectivity index (χ1n) is 6.68. The highest BCUT2D eigenvalue weighted by Crippen LogP contribution is 2.34. The summed E-state index contributed by atoms with van der Waals surface area (Å²) < 4.78 is 0. The monoisotopic (exact) mass is 321 g/mol. The highest BCUT2D eigenvalue weighted by molar-refractivity contribution is 6.35.